The molecule has 0 aromatic carbocycles. The molecule has 16 heavy (non-hydrogen) atoms. The molecule has 0 radical (unpaired) electrons. The molecular formula is C13H24N2O. The standard InChI is InChI=1S/C13H24N2O/c1-9(8-10-6-7-10)15-13(16)11-4-2-3-5-12(11)14/h9-12H,2-8,14H2,1H3,(H,15,16). The van der Waals surface area contributed by atoms with Crippen LogP contribution in [-0.4, -0.2) is 18.0 Å². The maximum Gasteiger partial charge on any atom is 0.224 e. The van der Waals surface area contributed by atoms with Crippen molar-refractivity contribution in [3.8, 4) is 0 Å². The number of hydrogen-bond donors (Lipinski definition) is 2. The molecule has 2 aliphatic rings. The van der Waals surface area contributed by atoms with Crippen LogP contribution in [0.2, 0.25) is 0 Å². The van der Waals surface area contributed by atoms with Gasteiger partial charge in [-0.05, 0) is 32.1 Å². The van der Waals surface area contributed by atoms with Crippen molar-refractivity contribution in [2.75, 3.05) is 0 Å². The van der Waals surface area contributed by atoms with Gasteiger partial charge < -0.3 is 11.1 Å². The van der Waals surface area contributed by atoms with E-state index in [9.17, 15) is 4.79 Å². The second-order valence-corrected chi connectivity index (χ2v) is 5.64. The van der Waals surface area contributed by atoms with Crippen molar-refractivity contribution in [3.05, 3.63) is 0 Å². The van der Waals surface area contributed by atoms with Crippen LogP contribution in [0.5, 0.6) is 0 Å². The summed E-state index contributed by atoms with van der Waals surface area (Å²) in [5.74, 6) is 1.13. The first-order valence-corrected chi connectivity index (χ1v) is 6.72. The molecule has 0 heterocycles. The first kappa shape index (κ1) is 11.9. The monoisotopic (exact) mass is 224 g/mol. The highest BCUT2D eigenvalue weighted by atomic mass is 16.2. The third-order valence-corrected chi connectivity index (χ3v) is 3.93. The van der Waals surface area contributed by atoms with E-state index in [0.717, 1.165) is 31.6 Å². The molecule has 3 atom stereocenters. The summed E-state index contributed by atoms with van der Waals surface area (Å²) in [6.45, 7) is 2.12. The molecule has 92 valence electrons. The lowest BCUT2D eigenvalue weighted by molar-refractivity contribution is -0.127. The Morgan fingerprint density at radius 3 is 2.62 bits per heavy atom. The van der Waals surface area contributed by atoms with Crippen molar-refractivity contribution in [2.24, 2.45) is 17.6 Å². The van der Waals surface area contributed by atoms with E-state index in [1.807, 2.05) is 0 Å². The minimum atomic E-state index is 0.0652. The van der Waals surface area contributed by atoms with Crippen LogP contribution in [0.1, 0.15) is 51.9 Å². The summed E-state index contributed by atoms with van der Waals surface area (Å²) in [4.78, 5) is 12.0. The van der Waals surface area contributed by atoms with Crippen molar-refractivity contribution in [3.63, 3.8) is 0 Å². The molecule has 0 bridgehead atoms. The number of nitrogens with two attached hydrogens (primary N) is 1. The quantitative estimate of drug-likeness (QED) is 0.765. The van der Waals surface area contributed by atoms with E-state index >= 15 is 0 Å². The van der Waals surface area contributed by atoms with Gasteiger partial charge in [0, 0.05) is 12.1 Å². The minimum Gasteiger partial charge on any atom is -0.353 e. The molecule has 0 spiro atoms. The normalized spacial score (nSPS) is 32.1. The molecule has 1 amide bonds. The van der Waals surface area contributed by atoms with Gasteiger partial charge in [-0.1, -0.05) is 25.7 Å². The Hall–Kier alpha value is -0.570. The van der Waals surface area contributed by atoms with Gasteiger partial charge in [-0.15, -0.1) is 0 Å². The Morgan fingerprint density at radius 1 is 1.31 bits per heavy atom. The zero-order valence-electron chi connectivity index (χ0n) is 10.2. The Kier molecular flexibility index (Phi) is 3.85. The summed E-state index contributed by atoms with van der Waals surface area (Å²) in [6.07, 6.45) is 8.17. The zero-order chi connectivity index (χ0) is 11.5. The lowest BCUT2D eigenvalue weighted by Gasteiger charge is -2.28. The first-order valence-electron chi connectivity index (χ1n) is 6.72. The van der Waals surface area contributed by atoms with Gasteiger partial charge >= 0.3 is 0 Å². The molecule has 3 unspecified atom stereocenters. The molecule has 3 heteroatoms. The fraction of sp³-hybridized carbons (Fsp3) is 0.923. The van der Waals surface area contributed by atoms with Gasteiger partial charge in [0.05, 0.1) is 5.92 Å². The van der Waals surface area contributed by atoms with E-state index in [1.165, 1.54) is 19.3 Å². The smallest absolute Gasteiger partial charge is 0.224 e. The van der Waals surface area contributed by atoms with Crippen LogP contribution in [0.4, 0.5) is 0 Å². The first-order chi connectivity index (χ1) is 7.66. The number of amides is 1. The summed E-state index contributed by atoms with van der Waals surface area (Å²) in [6, 6.07) is 0.413. The molecular weight excluding hydrogens is 200 g/mol. The molecule has 2 rings (SSSR count). The van der Waals surface area contributed by atoms with Crippen molar-refractivity contribution in [1.29, 1.82) is 0 Å². The summed E-state index contributed by atoms with van der Waals surface area (Å²) in [5, 5.41) is 3.13. The molecule has 2 aliphatic carbocycles. The van der Waals surface area contributed by atoms with Crippen LogP contribution in [0, 0.1) is 11.8 Å². The minimum absolute atomic E-state index is 0.0652. The SMILES string of the molecule is CC(CC1CC1)NC(=O)C1CCCCC1N. The molecule has 0 aromatic heterocycles. The fourth-order valence-electron chi connectivity index (χ4n) is 2.75. The molecule has 2 fully saturated rings. The highest BCUT2D eigenvalue weighted by molar-refractivity contribution is 5.79. The lowest BCUT2D eigenvalue weighted by Crippen LogP contribution is -2.46. The predicted octanol–water partition coefficient (Wildman–Crippen LogP) is 1.81. The van der Waals surface area contributed by atoms with Gasteiger partial charge in [0.2, 0.25) is 5.91 Å². The van der Waals surface area contributed by atoms with E-state index < -0.39 is 0 Å². The van der Waals surface area contributed by atoms with Crippen molar-refractivity contribution in [1.82, 2.24) is 5.32 Å². The Bertz CT molecular complexity index is 250. The van der Waals surface area contributed by atoms with Gasteiger partial charge in [0.1, 0.15) is 0 Å². The summed E-state index contributed by atoms with van der Waals surface area (Å²) in [5.41, 5.74) is 6.01. The lowest BCUT2D eigenvalue weighted by atomic mass is 9.84. The fourth-order valence-corrected chi connectivity index (χ4v) is 2.75. The number of hydrogen-bond acceptors (Lipinski definition) is 2. The largest absolute Gasteiger partial charge is 0.353 e. The molecule has 0 aromatic rings. The molecule has 0 saturated heterocycles. The second-order valence-electron chi connectivity index (χ2n) is 5.64. The van der Waals surface area contributed by atoms with Gasteiger partial charge in [-0.2, -0.15) is 0 Å². The van der Waals surface area contributed by atoms with E-state index in [0.29, 0.717) is 6.04 Å². The van der Waals surface area contributed by atoms with Gasteiger partial charge in [0.25, 0.3) is 0 Å². The van der Waals surface area contributed by atoms with Crippen molar-refractivity contribution < 1.29 is 4.79 Å². The molecule has 2 saturated carbocycles. The second kappa shape index (κ2) is 5.17. The maximum atomic E-state index is 12.0. The third-order valence-electron chi connectivity index (χ3n) is 3.93. The number of nitrogens with one attached hydrogen (secondary N) is 1. The Morgan fingerprint density at radius 2 is 2.00 bits per heavy atom. The highest BCUT2D eigenvalue weighted by Gasteiger charge is 2.30. The van der Waals surface area contributed by atoms with Crippen LogP contribution >= 0.6 is 0 Å². The van der Waals surface area contributed by atoms with Crippen LogP contribution in [0.25, 0.3) is 0 Å². The number of rotatable bonds is 4. The Balaban J connectivity index is 1.76. The average Bonchev–Trinajstić information content (AvgIpc) is 3.01. The zero-order valence-corrected chi connectivity index (χ0v) is 10.2. The number of carbonyl (C=O) groups excluding carboxylic acids is 1. The van der Waals surface area contributed by atoms with Crippen LogP contribution in [0.3, 0.4) is 0 Å². The van der Waals surface area contributed by atoms with Gasteiger partial charge in [-0.25, -0.2) is 0 Å². The summed E-state index contributed by atoms with van der Waals surface area (Å²) in [7, 11) is 0. The summed E-state index contributed by atoms with van der Waals surface area (Å²) >= 11 is 0. The van der Waals surface area contributed by atoms with Crippen LogP contribution in [0.15, 0.2) is 0 Å². The van der Waals surface area contributed by atoms with Gasteiger partial charge in [-0.3, -0.25) is 4.79 Å². The molecule has 3 N–H and O–H groups in total. The summed E-state index contributed by atoms with van der Waals surface area (Å²) < 4.78 is 0. The van der Waals surface area contributed by atoms with Crippen LogP contribution < -0.4 is 11.1 Å². The topological polar surface area (TPSA) is 55.1 Å². The Labute approximate surface area is 98.2 Å². The van der Waals surface area contributed by atoms with E-state index in [4.69, 9.17) is 5.73 Å². The average molecular weight is 224 g/mol. The van der Waals surface area contributed by atoms with Gasteiger partial charge in [0.15, 0.2) is 0 Å². The predicted molar refractivity (Wildman–Crippen MR) is 64.9 cm³/mol. The van der Waals surface area contributed by atoms with Crippen molar-refractivity contribution in [2.45, 2.75) is 64.0 Å². The van der Waals surface area contributed by atoms with E-state index in [1.54, 1.807) is 0 Å². The highest BCUT2D eigenvalue weighted by Crippen LogP contribution is 2.33. The number of carbonyl (C=O) groups is 1. The van der Waals surface area contributed by atoms with Crippen molar-refractivity contribution >= 4 is 5.91 Å². The maximum absolute atomic E-state index is 12.0. The van der Waals surface area contributed by atoms with E-state index in [2.05, 4.69) is 12.2 Å². The van der Waals surface area contributed by atoms with E-state index in [-0.39, 0.29) is 17.9 Å². The molecule has 0 aliphatic heterocycles. The third kappa shape index (κ3) is 3.21. The van der Waals surface area contributed by atoms with Crippen LogP contribution in [-0.2, 0) is 4.79 Å². The molecule has 3 nitrogen and oxygen atoms in total.